The third-order valence-electron chi connectivity index (χ3n) is 3.73. The van der Waals surface area contributed by atoms with Crippen molar-refractivity contribution in [1.29, 1.82) is 0 Å². The summed E-state index contributed by atoms with van der Waals surface area (Å²) in [6.07, 6.45) is 5.93. The van der Waals surface area contributed by atoms with Crippen LogP contribution in [0.5, 0.6) is 0 Å². The van der Waals surface area contributed by atoms with Crippen molar-refractivity contribution in [2.24, 2.45) is 11.8 Å². The first-order valence-corrected chi connectivity index (χ1v) is 6.39. The molecule has 0 saturated heterocycles. The van der Waals surface area contributed by atoms with E-state index in [9.17, 15) is 0 Å². The van der Waals surface area contributed by atoms with Gasteiger partial charge in [0.05, 0.1) is 5.69 Å². The highest BCUT2D eigenvalue weighted by Gasteiger charge is 2.24. The molecule has 1 heterocycles. The van der Waals surface area contributed by atoms with E-state index in [-0.39, 0.29) is 0 Å². The highest BCUT2D eigenvalue weighted by molar-refractivity contribution is 5.03. The molecule has 16 heavy (non-hydrogen) atoms. The van der Waals surface area contributed by atoms with Gasteiger partial charge in [0, 0.05) is 18.8 Å². The minimum Gasteiger partial charge on any atom is -0.308 e. The molecule has 1 aliphatic carbocycles. The number of hydrogen-bond acceptors (Lipinski definition) is 2. The van der Waals surface area contributed by atoms with Crippen LogP contribution < -0.4 is 5.32 Å². The molecule has 0 spiro atoms. The second-order valence-electron chi connectivity index (χ2n) is 5.20. The van der Waals surface area contributed by atoms with Crippen LogP contribution in [0, 0.1) is 11.8 Å². The standard InChI is InChI=1S/C14H22N2/c1-11-6-7-12(2)14(9-11)16-10-13-5-3-4-8-15-13/h3-5,8,11-12,14,16H,6-7,9-10H2,1-2H3. The van der Waals surface area contributed by atoms with Crippen LogP contribution >= 0.6 is 0 Å². The summed E-state index contributed by atoms with van der Waals surface area (Å²) >= 11 is 0. The summed E-state index contributed by atoms with van der Waals surface area (Å²) in [5.74, 6) is 1.68. The lowest BCUT2D eigenvalue weighted by Gasteiger charge is -2.33. The molecular formula is C14H22N2. The van der Waals surface area contributed by atoms with E-state index in [2.05, 4.69) is 36.3 Å². The van der Waals surface area contributed by atoms with Gasteiger partial charge >= 0.3 is 0 Å². The Labute approximate surface area is 98.5 Å². The zero-order valence-corrected chi connectivity index (χ0v) is 10.3. The van der Waals surface area contributed by atoms with E-state index in [1.54, 1.807) is 0 Å². The number of aromatic nitrogens is 1. The van der Waals surface area contributed by atoms with Gasteiger partial charge < -0.3 is 5.32 Å². The summed E-state index contributed by atoms with van der Waals surface area (Å²) in [6, 6.07) is 6.78. The molecule has 1 aromatic rings. The Morgan fingerprint density at radius 1 is 1.31 bits per heavy atom. The number of nitrogens with one attached hydrogen (secondary N) is 1. The van der Waals surface area contributed by atoms with Gasteiger partial charge in [0.15, 0.2) is 0 Å². The van der Waals surface area contributed by atoms with Gasteiger partial charge in [-0.3, -0.25) is 4.98 Å². The van der Waals surface area contributed by atoms with Crippen molar-refractivity contribution < 1.29 is 0 Å². The van der Waals surface area contributed by atoms with E-state index < -0.39 is 0 Å². The Kier molecular flexibility index (Phi) is 3.94. The van der Waals surface area contributed by atoms with Gasteiger partial charge in [-0.15, -0.1) is 0 Å². The highest BCUT2D eigenvalue weighted by atomic mass is 14.9. The highest BCUT2D eigenvalue weighted by Crippen LogP contribution is 2.28. The van der Waals surface area contributed by atoms with Crippen LogP contribution in [0.4, 0.5) is 0 Å². The molecule has 2 nitrogen and oxygen atoms in total. The largest absolute Gasteiger partial charge is 0.308 e. The minimum absolute atomic E-state index is 0.672. The second kappa shape index (κ2) is 5.44. The maximum Gasteiger partial charge on any atom is 0.0541 e. The number of pyridine rings is 1. The fourth-order valence-electron chi connectivity index (χ4n) is 2.56. The van der Waals surface area contributed by atoms with Crippen molar-refractivity contribution in [3.05, 3.63) is 30.1 Å². The second-order valence-corrected chi connectivity index (χ2v) is 5.20. The lowest BCUT2D eigenvalue weighted by molar-refractivity contribution is 0.227. The van der Waals surface area contributed by atoms with Gasteiger partial charge in [0.1, 0.15) is 0 Å². The van der Waals surface area contributed by atoms with Crippen molar-refractivity contribution in [2.75, 3.05) is 0 Å². The van der Waals surface area contributed by atoms with Gasteiger partial charge in [-0.1, -0.05) is 26.3 Å². The molecule has 3 atom stereocenters. The zero-order chi connectivity index (χ0) is 11.4. The van der Waals surface area contributed by atoms with Crippen LogP contribution in [0.15, 0.2) is 24.4 Å². The molecule has 88 valence electrons. The van der Waals surface area contributed by atoms with E-state index >= 15 is 0 Å². The van der Waals surface area contributed by atoms with E-state index in [0.717, 1.165) is 24.1 Å². The molecule has 2 heteroatoms. The topological polar surface area (TPSA) is 24.9 Å². The van der Waals surface area contributed by atoms with E-state index in [4.69, 9.17) is 0 Å². The Balaban J connectivity index is 1.85. The van der Waals surface area contributed by atoms with Crippen molar-refractivity contribution in [2.45, 2.75) is 45.7 Å². The van der Waals surface area contributed by atoms with Crippen LogP contribution in [0.2, 0.25) is 0 Å². The third kappa shape index (κ3) is 3.05. The molecule has 2 rings (SSSR count). The Hall–Kier alpha value is -0.890. The lowest BCUT2D eigenvalue weighted by Crippen LogP contribution is -2.39. The predicted octanol–water partition coefficient (Wildman–Crippen LogP) is 3.00. The number of nitrogens with zero attached hydrogens (tertiary/aromatic N) is 1. The van der Waals surface area contributed by atoms with Crippen LogP contribution in [0.1, 0.15) is 38.8 Å². The third-order valence-corrected chi connectivity index (χ3v) is 3.73. The average molecular weight is 218 g/mol. The molecule has 0 aromatic carbocycles. The molecule has 3 unspecified atom stereocenters. The zero-order valence-electron chi connectivity index (χ0n) is 10.3. The van der Waals surface area contributed by atoms with E-state index in [1.807, 2.05) is 12.3 Å². The van der Waals surface area contributed by atoms with Crippen molar-refractivity contribution in [3.63, 3.8) is 0 Å². The molecular weight excluding hydrogens is 196 g/mol. The number of rotatable bonds is 3. The molecule has 1 saturated carbocycles. The van der Waals surface area contributed by atoms with Gasteiger partial charge in [0.2, 0.25) is 0 Å². The smallest absolute Gasteiger partial charge is 0.0541 e. The van der Waals surface area contributed by atoms with Crippen molar-refractivity contribution in [3.8, 4) is 0 Å². The van der Waals surface area contributed by atoms with Gasteiger partial charge in [-0.2, -0.15) is 0 Å². The molecule has 0 aliphatic heterocycles. The fraction of sp³-hybridized carbons (Fsp3) is 0.643. The molecule has 0 bridgehead atoms. The average Bonchev–Trinajstić information content (AvgIpc) is 2.32. The monoisotopic (exact) mass is 218 g/mol. The minimum atomic E-state index is 0.672. The summed E-state index contributed by atoms with van der Waals surface area (Å²) in [4.78, 5) is 4.34. The summed E-state index contributed by atoms with van der Waals surface area (Å²) in [6.45, 7) is 5.63. The first kappa shape index (κ1) is 11.6. The molecule has 1 N–H and O–H groups in total. The SMILES string of the molecule is CC1CCC(C)C(NCc2ccccn2)C1. The summed E-state index contributed by atoms with van der Waals surface area (Å²) in [5, 5.41) is 3.66. The Bertz CT molecular complexity index is 310. The summed E-state index contributed by atoms with van der Waals surface area (Å²) in [7, 11) is 0. The van der Waals surface area contributed by atoms with E-state index in [0.29, 0.717) is 6.04 Å². The Morgan fingerprint density at radius 3 is 2.94 bits per heavy atom. The summed E-state index contributed by atoms with van der Waals surface area (Å²) < 4.78 is 0. The first-order valence-electron chi connectivity index (χ1n) is 6.39. The maximum atomic E-state index is 4.34. The van der Waals surface area contributed by atoms with Crippen molar-refractivity contribution in [1.82, 2.24) is 10.3 Å². The van der Waals surface area contributed by atoms with Crippen LogP contribution in [0.3, 0.4) is 0 Å². The fourth-order valence-corrected chi connectivity index (χ4v) is 2.56. The van der Waals surface area contributed by atoms with E-state index in [1.165, 1.54) is 19.3 Å². The quantitative estimate of drug-likeness (QED) is 0.843. The van der Waals surface area contributed by atoms with Crippen molar-refractivity contribution >= 4 is 0 Å². The molecule has 0 amide bonds. The summed E-state index contributed by atoms with van der Waals surface area (Å²) in [5.41, 5.74) is 1.15. The molecule has 1 fully saturated rings. The predicted molar refractivity (Wildman–Crippen MR) is 67.0 cm³/mol. The normalized spacial score (nSPS) is 30.2. The molecule has 0 radical (unpaired) electrons. The van der Waals surface area contributed by atoms with Gasteiger partial charge in [0.25, 0.3) is 0 Å². The molecule has 1 aliphatic rings. The van der Waals surface area contributed by atoms with Gasteiger partial charge in [-0.05, 0) is 36.8 Å². The number of hydrogen-bond donors (Lipinski definition) is 1. The van der Waals surface area contributed by atoms with Crippen LogP contribution in [-0.2, 0) is 6.54 Å². The van der Waals surface area contributed by atoms with Crippen LogP contribution in [0.25, 0.3) is 0 Å². The maximum absolute atomic E-state index is 4.34. The Morgan fingerprint density at radius 2 is 2.19 bits per heavy atom. The van der Waals surface area contributed by atoms with Gasteiger partial charge in [-0.25, -0.2) is 0 Å². The molecule has 1 aromatic heterocycles. The van der Waals surface area contributed by atoms with Crippen LogP contribution in [-0.4, -0.2) is 11.0 Å². The lowest BCUT2D eigenvalue weighted by atomic mass is 9.80. The first-order chi connectivity index (χ1) is 7.75.